The van der Waals surface area contributed by atoms with Crippen molar-refractivity contribution >= 4 is 17.6 Å². The number of carboxylic acids is 1. The average molecular weight is 264 g/mol. The van der Waals surface area contributed by atoms with E-state index in [1.807, 2.05) is 20.0 Å². The largest absolute Gasteiger partial charge is 0.481 e. The second-order valence-corrected chi connectivity index (χ2v) is 5.10. The lowest BCUT2D eigenvalue weighted by Crippen LogP contribution is -2.37. The maximum absolute atomic E-state index is 10.6. The Balaban J connectivity index is 2.00. The van der Waals surface area contributed by atoms with Crippen LogP contribution in [0.1, 0.15) is 32.6 Å². The summed E-state index contributed by atoms with van der Waals surface area (Å²) < 4.78 is 0. The first kappa shape index (κ1) is 13.6. The Labute approximate surface area is 112 Å². The monoisotopic (exact) mass is 264 g/mol. The SMILES string of the molecule is CC(CC(=O)O)Nc1cc(N(C)C2CCC2)ncn1. The number of hydrogen-bond donors (Lipinski definition) is 2. The van der Waals surface area contributed by atoms with Crippen molar-refractivity contribution in [3.8, 4) is 0 Å². The number of nitrogens with one attached hydrogen (secondary N) is 1. The van der Waals surface area contributed by atoms with E-state index >= 15 is 0 Å². The molecule has 1 saturated carbocycles. The zero-order valence-corrected chi connectivity index (χ0v) is 11.3. The molecular formula is C13H20N4O2. The summed E-state index contributed by atoms with van der Waals surface area (Å²) in [6.45, 7) is 1.82. The molecule has 0 radical (unpaired) electrons. The lowest BCUT2D eigenvalue weighted by Gasteiger charge is -2.35. The van der Waals surface area contributed by atoms with Crippen LogP contribution in [0.25, 0.3) is 0 Å². The fourth-order valence-corrected chi connectivity index (χ4v) is 2.15. The number of carbonyl (C=O) groups is 1. The molecule has 1 atom stereocenters. The van der Waals surface area contributed by atoms with Crippen molar-refractivity contribution in [2.24, 2.45) is 0 Å². The smallest absolute Gasteiger partial charge is 0.305 e. The first-order valence-electron chi connectivity index (χ1n) is 6.59. The highest BCUT2D eigenvalue weighted by Crippen LogP contribution is 2.27. The summed E-state index contributed by atoms with van der Waals surface area (Å²) in [6.07, 6.45) is 5.27. The maximum atomic E-state index is 10.6. The topological polar surface area (TPSA) is 78.4 Å². The molecule has 2 rings (SSSR count). The van der Waals surface area contributed by atoms with Gasteiger partial charge in [-0.25, -0.2) is 9.97 Å². The van der Waals surface area contributed by atoms with Crippen LogP contribution < -0.4 is 10.2 Å². The molecule has 1 aliphatic carbocycles. The Morgan fingerprint density at radius 1 is 1.58 bits per heavy atom. The minimum Gasteiger partial charge on any atom is -0.481 e. The molecular weight excluding hydrogens is 244 g/mol. The zero-order valence-electron chi connectivity index (χ0n) is 11.3. The summed E-state index contributed by atoms with van der Waals surface area (Å²) in [5, 5.41) is 11.8. The summed E-state index contributed by atoms with van der Waals surface area (Å²) in [7, 11) is 2.04. The quantitative estimate of drug-likeness (QED) is 0.815. The van der Waals surface area contributed by atoms with Gasteiger partial charge >= 0.3 is 5.97 Å². The molecule has 0 amide bonds. The third-order valence-electron chi connectivity index (χ3n) is 3.51. The van der Waals surface area contributed by atoms with Gasteiger partial charge in [-0.05, 0) is 26.2 Å². The van der Waals surface area contributed by atoms with E-state index in [1.165, 1.54) is 25.6 Å². The Bertz CT molecular complexity index is 448. The number of aliphatic carboxylic acids is 1. The first-order valence-corrected chi connectivity index (χ1v) is 6.59. The minimum atomic E-state index is -0.819. The van der Waals surface area contributed by atoms with Crippen LogP contribution >= 0.6 is 0 Å². The normalized spacial score (nSPS) is 16.5. The van der Waals surface area contributed by atoms with Crippen molar-refractivity contribution < 1.29 is 9.90 Å². The van der Waals surface area contributed by atoms with E-state index in [-0.39, 0.29) is 12.5 Å². The Kier molecular flexibility index (Phi) is 4.19. The minimum absolute atomic E-state index is 0.0673. The molecule has 19 heavy (non-hydrogen) atoms. The van der Waals surface area contributed by atoms with Gasteiger partial charge in [-0.3, -0.25) is 4.79 Å². The third kappa shape index (κ3) is 3.56. The van der Waals surface area contributed by atoms with Gasteiger partial charge in [0.15, 0.2) is 0 Å². The van der Waals surface area contributed by atoms with Gasteiger partial charge < -0.3 is 15.3 Å². The van der Waals surface area contributed by atoms with E-state index in [0.717, 1.165) is 5.82 Å². The second-order valence-electron chi connectivity index (χ2n) is 5.10. The summed E-state index contributed by atoms with van der Waals surface area (Å²) >= 11 is 0. The van der Waals surface area contributed by atoms with Crippen LogP contribution in [0.5, 0.6) is 0 Å². The molecule has 2 N–H and O–H groups in total. The molecule has 0 aromatic carbocycles. The first-order chi connectivity index (χ1) is 9.06. The van der Waals surface area contributed by atoms with Crippen molar-refractivity contribution in [1.29, 1.82) is 0 Å². The van der Waals surface area contributed by atoms with Crippen molar-refractivity contribution in [2.45, 2.75) is 44.7 Å². The van der Waals surface area contributed by atoms with Gasteiger partial charge in [-0.2, -0.15) is 0 Å². The zero-order chi connectivity index (χ0) is 13.8. The van der Waals surface area contributed by atoms with Crippen LogP contribution in [-0.2, 0) is 4.79 Å². The fourth-order valence-electron chi connectivity index (χ4n) is 2.15. The molecule has 6 heteroatoms. The molecule has 0 saturated heterocycles. The molecule has 104 valence electrons. The second kappa shape index (κ2) is 5.86. The van der Waals surface area contributed by atoms with Gasteiger partial charge in [-0.1, -0.05) is 0 Å². The van der Waals surface area contributed by atoms with Crippen LogP contribution in [0.4, 0.5) is 11.6 Å². The lowest BCUT2D eigenvalue weighted by atomic mass is 9.92. The highest BCUT2D eigenvalue weighted by atomic mass is 16.4. The van der Waals surface area contributed by atoms with Crippen LogP contribution in [-0.4, -0.2) is 40.2 Å². The lowest BCUT2D eigenvalue weighted by molar-refractivity contribution is -0.137. The summed E-state index contributed by atoms with van der Waals surface area (Å²) in [6, 6.07) is 2.28. The molecule has 0 aliphatic heterocycles. The molecule has 1 aromatic heterocycles. The molecule has 1 unspecified atom stereocenters. The number of carboxylic acid groups (broad SMARTS) is 1. The molecule has 1 fully saturated rings. The molecule has 1 aromatic rings. The number of rotatable bonds is 6. The average Bonchev–Trinajstić information content (AvgIpc) is 2.25. The predicted molar refractivity (Wildman–Crippen MR) is 73.4 cm³/mol. The van der Waals surface area contributed by atoms with E-state index in [4.69, 9.17) is 5.11 Å². The highest BCUT2D eigenvalue weighted by molar-refractivity contribution is 5.68. The van der Waals surface area contributed by atoms with Crippen LogP contribution in [0.15, 0.2) is 12.4 Å². The van der Waals surface area contributed by atoms with Crippen LogP contribution in [0.3, 0.4) is 0 Å². The maximum Gasteiger partial charge on any atom is 0.305 e. The molecule has 0 bridgehead atoms. The standard InChI is InChI=1S/C13H20N4O2/c1-9(6-13(18)19)16-11-7-12(15-8-14-11)17(2)10-4-3-5-10/h7-10H,3-6H2,1-2H3,(H,18,19)(H,14,15,16). The van der Waals surface area contributed by atoms with Crippen molar-refractivity contribution in [2.75, 3.05) is 17.3 Å². The van der Waals surface area contributed by atoms with Gasteiger partial charge in [-0.15, -0.1) is 0 Å². The van der Waals surface area contributed by atoms with E-state index in [1.54, 1.807) is 0 Å². The van der Waals surface area contributed by atoms with E-state index < -0.39 is 5.97 Å². The summed E-state index contributed by atoms with van der Waals surface area (Å²) in [5.74, 6) is 0.732. The third-order valence-corrected chi connectivity index (χ3v) is 3.51. The highest BCUT2D eigenvalue weighted by Gasteiger charge is 2.23. The number of hydrogen-bond acceptors (Lipinski definition) is 5. The van der Waals surface area contributed by atoms with Gasteiger partial charge in [0.1, 0.15) is 18.0 Å². The van der Waals surface area contributed by atoms with Crippen molar-refractivity contribution in [3.05, 3.63) is 12.4 Å². The van der Waals surface area contributed by atoms with E-state index in [0.29, 0.717) is 11.9 Å². The van der Waals surface area contributed by atoms with E-state index in [9.17, 15) is 4.79 Å². The molecule has 1 heterocycles. The molecule has 1 aliphatic rings. The summed E-state index contributed by atoms with van der Waals surface area (Å²) in [4.78, 5) is 21.2. The Morgan fingerprint density at radius 3 is 2.89 bits per heavy atom. The van der Waals surface area contributed by atoms with Gasteiger partial charge in [0.2, 0.25) is 0 Å². The Hall–Kier alpha value is -1.85. The van der Waals surface area contributed by atoms with Gasteiger partial charge in [0.25, 0.3) is 0 Å². The number of nitrogens with zero attached hydrogens (tertiary/aromatic N) is 3. The molecule has 0 spiro atoms. The van der Waals surface area contributed by atoms with Gasteiger partial charge in [0.05, 0.1) is 6.42 Å². The van der Waals surface area contributed by atoms with Crippen LogP contribution in [0.2, 0.25) is 0 Å². The van der Waals surface area contributed by atoms with E-state index in [2.05, 4.69) is 20.2 Å². The number of aromatic nitrogens is 2. The van der Waals surface area contributed by atoms with Gasteiger partial charge in [0, 0.05) is 25.2 Å². The Morgan fingerprint density at radius 2 is 2.32 bits per heavy atom. The predicted octanol–water partition coefficient (Wildman–Crippen LogP) is 1.74. The van der Waals surface area contributed by atoms with Crippen molar-refractivity contribution in [3.63, 3.8) is 0 Å². The fraction of sp³-hybridized carbons (Fsp3) is 0.615. The van der Waals surface area contributed by atoms with Crippen molar-refractivity contribution in [1.82, 2.24) is 9.97 Å². The summed E-state index contributed by atoms with van der Waals surface area (Å²) in [5.41, 5.74) is 0. The van der Waals surface area contributed by atoms with Crippen LogP contribution in [0, 0.1) is 0 Å². The number of anilines is 2. The molecule has 6 nitrogen and oxygen atoms in total.